The second-order valence-electron chi connectivity index (χ2n) is 7.37. The number of halogens is 1. The number of fused-ring (bicyclic) bond motifs is 1. The molecule has 1 aromatic carbocycles. The monoisotopic (exact) mass is 359 g/mol. The first kappa shape index (κ1) is 18.1. The summed E-state index contributed by atoms with van der Waals surface area (Å²) in [6, 6.07) is 4.90. The van der Waals surface area contributed by atoms with Gasteiger partial charge >= 0.3 is 5.97 Å². The minimum absolute atomic E-state index is 0.0122. The quantitative estimate of drug-likeness (QED) is 0.860. The topological polar surface area (TPSA) is 84.2 Å². The van der Waals surface area contributed by atoms with Crippen LogP contribution in [0.2, 0.25) is 0 Å². The number of rotatable bonds is 5. The summed E-state index contributed by atoms with van der Waals surface area (Å²) in [5.74, 6) is -1.81. The first-order valence-corrected chi connectivity index (χ1v) is 8.59. The van der Waals surface area contributed by atoms with E-state index >= 15 is 0 Å². The van der Waals surface area contributed by atoms with Gasteiger partial charge in [0.05, 0.1) is 5.41 Å². The van der Waals surface area contributed by atoms with Crippen molar-refractivity contribution in [2.75, 3.05) is 6.54 Å². The molecule has 7 heteroatoms. The third-order valence-electron chi connectivity index (χ3n) is 4.75. The lowest BCUT2D eigenvalue weighted by Crippen LogP contribution is -2.39. The van der Waals surface area contributed by atoms with Crippen molar-refractivity contribution in [3.63, 3.8) is 0 Å². The maximum absolute atomic E-state index is 14.4. The fourth-order valence-corrected chi connectivity index (χ4v) is 3.06. The molecule has 0 saturated carbocycles. The summed E-state index contributed by atoms with van der Waals surface area (Å²) >= 11 is 0. The number of nitrogens with zero attached hydrogens (tertiary/aromatic N) is 2. The average molecular weight is 359 g/mol. The van der Waals surface area contributed by atoms with Crippen molar-refractivity contribution in [2.24, 2.45) is 5.41 Å². The first-order valence-electron chi connectivity index (χ1n) is 8.59. The zero-order valence-corrected chi connectivity index (χ0v) is 15.1. The summed E-state index contributed by atoms with van der Waals surface area (Å²) in [5, 5.41) is 16.2. The number of nitrogens with one attached hydrogen (secondary N) is 1. The molecule has 1 aliphatic carbocycles. The van der Waals surface area contributed by atoms with Crippen LogP contribution in [0, 0.1) is 18.2 Å². The number of aromatic nitrogens is 2. The van der Waals surface area contributed by atoms with Crippen molar-refractivity contribution >= 4 is 11.9 Å². The highest BCUT2D eigenvalue weighted by Gasteiger charge is 2.31. The van der Waals surface area contributed by atoms with Gasteiger partial charge in [-0.15, -0.1) is 0 Å². The smallest absolute Gasteiger partial charge is 0.310 e. The van der Waals surface area contributed by atoms with E-state index in [9.17, 15) is 19.1 Å². The number of carboxylic acid groups (broad SMARTS) is 1. The normalized spacial score (nSPS) is 13.5. The summed E-state index contributed by atoms with van der Waals surface area (Å²) in [6.45, 7) is 4.88. The Morgan fingerprint density at radius 3 is 2.73 bits per heavy atom. The van der Waals surface area contributed by atoms with Gasteiger partial charge in [0.1, 0.15) is 11.5 Å². The maximum atomic E-state index is 14.4. The highest BCUT2D eigenvalue weighted by atomic mass is 19.1. The number of hydrogen-bond acceptors (Lipinski definition) is 3. The number of carbonyl (C=O) groups excluding carboxylic acids is 1. The Labute approximate surface area is 151 Å². The van der Waals surface area contributed by atoms with E-state index in [-0.39, 0.29) is 18.1 Å². The van der Waals surface area contributed by atoms with Crippen LogP contribution >= 0.6 is 0 Å². The molecule has 0 spiro atoms. The molecule has 3 rings (SSSR count). The van der Waals surface area contributed by atoms with Gasteiger partial charge in [0.25, 0.3) is 5.91 Å². The number of hydrogen-bond donors (Lipinski definition) is 2. The molecular weight excluding hydrogens is 337 g/mol. The SMILES string of the molecule is Cc1ccc(-n2nc(C(=O)NCC(C)(C)C(=O)O)c3c2CCC3)c(F)c1. The molecule has 0 atom stereocenters. The zero-order valence-electron chi connectivity index (χ0n) is 15.1. The molecule has 1 aromatic heterocycles. The third-order valence-corrected chi connectivity index (χ3v) is 4.75. The van der Waals surface area contributed by atoms with Crippen LogP contribution in [0.3, 0.4) is 0 Å². The number of benzene rings is 1. The van der Waals surface area contributed by atoms with Crippen molar-refractivity contribution in [3.8, 4) is 5.69 Å². The van der Waals surface area contributed by atoms with Gasteiger partial charge in [0.15, 0.2) is 5.69 Å². The number of carbonyl (C=O) groups is 2. The standard InChI is InChI=1S/C19H22FN3O3/c1-11-7-8-15(13(20)9-11)23-14-6-4-5-12(14)16(22-23)17(24)21-10-19(2,3)18(25)26/h7-9H,4-6,10H2,1-3H3,(H,21,24)(H,25,26). The lowest BCUT2D eigenvalue weighted by Gasteiger charge is -2.19. The molecule has 2 aromatic rings. The third kappa shape index (κ3) is 3.21. The van der Waals surface area contributed by atoms with Crippen LogP contribution in [0.5, 0.6) is 0 Å². The van der Waals surface area contributed by atoms with Crippen LogP contribution in [0.15, 0.2) is 18.2 Å². The predicted molar refractivity (Wildman–Crippen MR) is 94.0 cm³/mol. The molecule has 1 amide bonds. The molecule has 6 nitrogen and oxygen atoms in total. The molecule has 1 heterocycles. The fourth-order valence-electron chi connectivity index (χ4n) is 3.06. The van der Waals surface area contributed by atoms with Crippen molar-refractivity contribution in [3.05, 3.63) is 46.5 Å². The van der Waals surface area contributed by atoms with E-state index in [2.05, 4.69) is 10.4 Å². The van der Waals surface area contributed by atoms with Gasteiger partial charge in [-0.1, -0.05) is 6.07 Å². The second kappa shape index (κ2) is 6.55. The van der Waals surface area contributed by atoms with Crippen molar-refractivity contribution in [1.29, 1.82) is 0 Å². The van der Waals surface area contributed by atoms with E-state index in [1.807, 2.05) is 6.92 Å². The number of aliphatic carboxylic acids is 1. The van der Waals surface area contributed by atoms with E-state index in [0.29, 0.717) is 12.1 Å². The average Bonchev–Trinajstić information content (AvgIpc) is 3.15. The first-order chi connectivity index (χ1) is 12.2. The van der Waals surface area contributed by atoms with Crippen LogP contribution in [-0.2, 0) is 17.6 Å². The molecule has 0 fully saturated rings. The number of carboxylic acids is 1. The summed E-state index contributed by atoms with van der Waals surface area (Å²) in [5.41, 5.74) is 1.96. The van der Waals surface area contributed by atoms with Gasteiger partial charge in [0, 0.05) is 17.8 Å². The van der Waals surface area contributed by atoms with Gasteiger partial charge < -0.3 is 10.4 Å². The Balaban J connectivity index is 1.92. The summed E-state index contributed by atoms with van der Waals surface area (Å²) < 4.78 is 15.9. The summed E-state index contributed by atoms with van der Waals surface area (Å²) in [7, 11) is 0. The molecule has 0 saturated heterocycles. The summed E-state index contributed by atoms with van der Waals surface area (Å²) in [6.07, 6.45) is 2.30. The highest BCUT2D eigenvalue weighted by Crippen LogP contribution is 2.29. The fraction of sp³-hybridized carbons (Fsp3) is 0.421. The molecule has 138 valence electrons. The molecular formula is C19H22FN3O3. The summed E-state index contributed by atoms with van der Waals surface area (Å²) in [4.78, 5) is 23.8. The Bertz CT molecular complexity index is 886. The van der Waals surface area contributed by atoms with Gasteiger partial charge in [-0.25, -0.2) is 9.07 Å². The minimum Gasteiger partial charge on any atom is -0.481 e. The zero-order chi connectivity index (χ0) is 19.1. The molecule has 1 aliphatic rings. The lowest BCUT2D eigenvalue weighted by atomic mass is 9.94. The van der Waals surface area contributed by atoms with Crippen molar-refractivity contribution in [2.45, 2.75) is 40.0 Å². The number of amides is 1. The highest BCUT2D eigenvalue weighted by molar-refractivity contribution is 5.94. The van der Waals surface area contributed by atoms with E-state index in [1.54, 1.807) is 26.0 Å². The van der Waals surface area contributed by atoms with Crippen molar-refractivity contribution < 1.29 is 19.1 Å². The van der Waals surface area contributed by atoms with Crippen LogP contribution in [0.25, 0.3) is 5.69 Å². The molecule has 0 radical (unpaired) electrons. The van der Waals surface area contributed by atoms with Gasteiger partial charge in [0.2, 0.25) is 0 Å². The minimum atomic E-state index is -1.08. The van der Waals surface area contributed by atoms with E-state index < -0.39 is 17.3 Å². The molecule has 0 unspecified atom stereocenters. The van der Waals surface area contributed by atoms with Crippen molar-refractivity contribution in [1.82, 2.24) is 15.1 Å². The van der Waals surface area contributed by atoms with Crippen LogP contribution in [0.1, 0.15) is 47.6 Å². The second-order valence-corrected chi connectivity index (χ2v) is 7.37. The van der Waals surface area contributed by atoms with Crippen LogP contribution < -0.4 is 5.32 Å². The molecule has 0 aliphatic heterocycles. The Morgan fingerprint density at radius 2 is 2.08 bits per heavy atom. The largest absolute Gasteiger partial charge is 0.481 e. The molecule has 0 bridgehead atoms. The van der Waals surface area contributed by atoms with E-state index in [1.165, 1.54) is 10.7 Å². The van der Waals surface area contributed by atoms with Crippen LogP contribution in [-0.4, -0.2) is 33.3 Å². The Kier molecular flexibility index (Phi) is 4.56. The van der Waals surface area contributed by atoms with E-state index in [4.69, 9.17) is 0 Å². The molecule has 26 heavy (non-hydrogen) atoms. The maximum Gasteiger partial charge on any atom is 0.310 e. The van der Waals surface area contributed by atoms with Crippen LogP contribution in [0.4, 0.5) is 4.39 Å². The Hall–Kier alpha value is -2.70. The van der Waals surface area contributed by atoms with Gasteiger partial charge in [-0.05, 0) is 57.7 Å². The van der Waals surface area contributed by atoms with E-state index in [0.717, 1.165) is 29.7 Å². The lowest BCUT2D eigenvalue weighted by molar-refractivity contribution is -0.146. The molecule has 2 N–H and O–H groups in total. The predicted octanol–water partition coefficient (Wildman–Crippen LogP) is 2.65. The number of aryl methyl sites for hydroxylation is 1. The van der Waals surface area contributed by atoms with Gasteiger partial charge in [-0.2, -0.15) is 5.10 Å². The van der Waals surface area contributed by atoms with Gasteiger partial charge in [-0.3, -0.25) is 9.59 Å². The Morgan fingerprint density at radius 1 is 1.35 bits per heavy atom.